The lowest BCUT2D eigenvalue weighted by atomic mass is 10.1. The summed E-state index contributed by atoms with van der Waals surface area (Å²) in [7, 11) is 0. The molecular formula is C12H13N5O2. The molecule has 2 aromatic rings. The quantitative estimate of drug-likeness (QED) is 0.321. The highest BCUT2D eigenvalue weighted by molar-refractivity contribution is 6.00. The Hall–Kier alpha value is -2.70. The number of carbonyl (C=O) groups is 1. The lowest BCUT2D eigenvalue weighted by Gasteiger charge is -2.12. The maximum Gasteiger partial charge on any atom is 0.251 e. The zero-order valence-electron chi connectivity index (χ0n) is 10.2. The number of benzene rings is 1. The number of hydrogen-bond acceptors (Lipinski definition) is 5. The summed E-state index contributed by atoms with van der Waals surface area (Å²) < 4.78 is 0. The molecular weight excluding hydrogens is 246 g/mol. The molecule has 0 radical (unpaired) electrons. The van der Waals surface area contributed by atoms with E-state index in [-0.39, 0.29) is 11.7 Å². The average molecular weight is 259 g/mol. The predicted octanol–water partition coefficient (Wildman–Crippen LogP) is 0.494. The van der Waals surface area contributed by atoms with Crippen LogP contribution in [0.2, 0.25) is 0 Å². The van der Waals surface area contributed by atoms with Crippen LogP contribution in [0.15, 0.2) is 35.7 Å². The first-order chi connectivity index (χ1) is 9.11. The van der Waals surface area contributed by atoms with Crippen molar-refractivity contribution >= 4 is 22.8 Å². The number of amides is 1. The molecule has 4 N–H and O–H groups in total. The van der Waals surface area contributed by atoms with Crippen LogP contribution < -0.4 is 11.1 Å². The number of aromatic nitrogens is 2. The Kier molecular flexibility index (Phi) is 3.56. The highest BCUT2D eigenvalue weighted by atomic mass is 16.4. The van der Waals surface area contributed by atoms with Gasteiger partial charge >= 0.3 is 0 Å². The van der Waals surface area contributed by atoms with Gasteiger partial charge in [-0.15, -0.1) is 0 Å². The van der Waals surface area contributed by atoms with Crippen LogP contribution in [0.1, 0.15) is 17.3 Å². The van der Waals surface area contributed by atoms with E-state index in [1.54, 1.807) is 37.5 Å². The molecule has 0 aliphatic carbocycles. The Balaban J connectivity index is 2.22. The molecule has 1 atom stereocenters. The van der Waals surface area contributed by atoms with Crippen LogP contribution in [0, 0.1) is 0 Å². The number of nitrogens with one attached hydrogen (secondary N) is 1. The van der Waals surface area contributed by atoms with Gasteiger partial charge < -0.3 is 16.3 Å². The van der Waals surface area contributed by atoms with Gasteiger partial charge in [-0.1, -0.05) is 5.16 Å². The van der Waals surface area contributed by atoms with Crippen molar-refractivity contribution in [2.45, 2.75) is 13.0 Å². The van der Waals surface area contributed by atoms with Gasteiger partial charge in [-0.3, -0.25) is 14.8 Å². The number of amidine groups is 1. The zero-order chi connectivity index (χ0) is 13.8. The van der Waals surface area contributed by atoms with Gasteiger partial charge in [0.25, 0.3) is 5.91 Å². The second-order valence-electron chi connectivity index (χ2n) is 3.98. The molecule has 1 heterocycles. The van der Waals surface area contributed by atoms with E-state index in [2.05, 4.69) is 20.4 Å². The first-order valence-corrected chi connectivity index (χ1v) is 5.61. The third-order valence-electron chi connectivity index (χ3n) is 2.64. The molecule has 0 spiro atoms. The molecule has 0 fully saturated rings. The van der Waals surface area contributed by atoms with Crippen molar-refractivity contribution in [3.8, 4) is 0 Å². The van der Waals surface area contributed by atoms with Crippen LogP contribution in [0.25, 0.3) is 11.0 Å². The molecule has 0 saturated heterocycles. The molecule has 2 rings (SSSR count). The number of fused-ring (bicyclic) bond motifs is 1. The summed E-state index contributed by atoms with van der Waals surface area (Å²) in [6.07, 6.45) is 3.14. The Morgan fingerprint density at radius 2 is 2.05 bits per heavy atom. The molecule has 0 aliphatic rings. The number of nitrogens with zero attached hydrogens (tertiary/aromatic N) is 3. The van der Waals surface area contributed by atoms with E-state index in [1.165, 1.54) is 0 Å². The van der Waals surface area contributed by atoms with E-state index in [9.17, 15) is 4.79 Å². The van der Waals surface area contributed by atoms with Crippen LogP contribution in [-0.2, 0) is 0 Å². The zero-order valence-corrected chi connectivity index (χ0v) is 10.2. The number of rotatable bonds is 3. The standard InChI is InChI=1S/C12H13N5O2/c1-7(11(13)17-19)16-12(18)8-2-3-9-10(6-8)15-5-4-14-9/h2-7,19H,1H3,(H2,13,17)(H,16,18). The number of nitrogens with two attached hydrogens (primary N) is 1. The summed E-state index contributed by atoms with van der Waals surface area (Å²) in [6.45, 7) is 1.62. The number of carbonyl (C=O) groups excluding carboxylic acids is 1. The summed E-state index contributed by atoms with van der Waals surface area (Å²) in [6, 6.07) is 4.43. The highest BCUT2D eigenvalue weighted by Gasteiger charge is 2.13. The summed E-state index contributed by atoms with van der Waals surface area (Å²) >= 11 is 0. The molecule has 1 amide bonds. The van der Waals surface area contributed by atoms with E-state index in [0.29, 0.717) is 16.6 Å². The van der Waals surface area contributed by atoms with Crippen LogP contribution in [-0.4, -0.2) is 33.0 Å². The summed E-state index contributed by atoms with van der Waals surface area (Å²) in [5, 5.41) is 14.0. The van der Waals surface area contributed by atoms with Crippen molar-refractivity contribution < 1.29 is 10.0 Å². The molecule has 7 heteroatoms. The predicted molar refractivity (Wildman–Crippen MR) is 69.9 cm³/mol. The molecule has 1 aromatic carbocycles. The first-order valence-electron chi connectivity index (χ1n) is 5.61. The van der Waals surface area contributed by atoms with E-state index in [1.807, 2.05) is 0 Å². The monoisotopic (exact) mass is 259 g/mol. The Bertz CT molecular complexity index is 641. The molecule has 98 valence electrons. The van der Waals surface area contributed by atoms with Crippen molar-refractivity contribution in [3.05, 3.63) is 36.2 Å². The van der Waals surface area contributed by atoms with Crippen LogP contribution in [0.3, 0.4) is 0 Å². The minimum absolute atomic E-state index is 0.0612. The Labute approximate surface area is 109 Å². The van der Waals surface area contributed by atoms with E-state index in [0.717, 1.165) is 0 Å². The second-order valence-corrected chi connectivity index (χ2v) is 3.98. The maximum atomic E-state index is 12.0. The van der Waals surface area contributed by atoms with Gasteiger partial charge in [-0.2, -0.15) is 0 Å². The average Bonchev–Trinajstić information content (AvgIpc) is 2.45. The van der Waals surface area contributed by atoms with Gasteiger partial charge in [0.15, 0.2) is 5.84 Å². The number of oxime groups is 1. The van der Waals surface area contributed by atoms with Crippen molar-refractivity contribution in [1.29, 1.82) is 0 Å². The van der Waals surface area contributed by atoms with Crippen LogP contribution >= 0.6 is 0 Å². The Morgan fingerprint density at radius 3 is 2.74 bits per heavy atom. The highest BCUT2D eigenvalue weighted by Crippen LogP contribution is 2.10. The van der Waals surface area contributed by atoms with Crippen molar-refractivity contribution in [2.75, 3.05) is 0 Å². The smallest absolute Gasteiger partial charge is 0.251 e. The minimum atomic E-state index is -0.560. The lowest BCUT2D eigenvalue weighted by Crippen LogP contribution is -2.42. The third kappa shape index (κ3) is 2.76. The molecule has 7 nitrogen and oxygen atoms in total. The van der Waals surface area contributed by atoms with Crippen molar-refractivity contribution in [3.63, 3.8) is 0 Å². The lowest BCUT2D eigenvalue weighted by molar-refractivity contribution is 0.0948. The largest absolute Gasteiger partial charge is 0.409 e. The van der Waals surface area contributed by atoms with Crippen molar-refractivity contribution in [1.82, 2.24) is 15.3 Å². The Morgan fingerprint density at radius 1 is 1.37 bits per heavy atom. The van der Waals surface area contributed by atoms with Gasteiger partial charge in [0.2, 0.25) is 0 Å². The SMILES string of the molecule is CC(NC(=O)c1ccc2nccnc2c1)C(N)=NO. The maximum absolute atomic E-state index is 12.0. The van der Waals surface area contributed by atoms with Gasteiger partial charge in [0.1, 0.15) is 0 Å². The third-order valence-corrected chi connectivity index (χ3v) is 2.64. The molecule has 1 unspecified atom stereocenters. The summed E-state index contributed by atoms with van der Waals surface area (Å²) in [4.78, 5) is 20.2. The minimum Gasteiger partial charge on any atom is -0.409 e. The van der Waals surface area contributed by atoms with E-state index in [4.69, 9.17) is 10.9 Å². The van der Waals surface area contributed by atoms with Gasteiger partial charge in [-0.05, 0) is 25.1 Å². The fraction of sp³-hybridized carbons (Fsp3) is 0.167. The first kappa shape index (κ1) is 12.7. The van der Waals surface area contributed by atoms with Crippen LogP contribution in [0.5, 0.6) is 0 Å². The van der Waals surface area contributed by atoms with E-state index < -0.39 is 6.04 Å². The molecule has 0 aliphatic heterocycles. The topological polar surface area (TPSA) is 113 Å². The van der Waals surface area contributed by atoms with Crippen LogP contribution in [0.4, 0.5) is 0 Å². The van der Waals surface area contributed by atoms with Gasteiger partial charge in [0, 0.05) is 18.0 Å². The van der Waals surface area contributed by atoms with Gasteiger partial charge in [0.05, 0.1) is 17.1 Å². The normalized spacial score (nSPS) is 13.2. The van der Waals surface area contributed by atoms with Gasteiger partial charge in [-0.25, -0.2) is 0 Å². The fourth-order valence-corrected chi connectivity index (χ4v) is 1.55. The summed E-state index contributed by atoms with van der Waals surface area (Å²) in [5.74, 6) is -0.388. The number of hydrogen-bond donors (Lipinski definition) is 3. The fourth-order valence-electron chi connectivity index (χ4n) is 1.55. The molecule has 19 heavy (non-hydrogen) atoms. The molecule has 1 aromatic heterocycles. The van der Waals surface area contributed by atoms with Crippen molar-refractivity contribution in [2.24, 2.45) is 10.9 Å². The van der Waals surface area contributed by atoms with E-state index >= 15 is 0 Å². The second kappa shape index (κ2) is 5.30. The molecule has 0 bridgehead atoms. The molecule has 0 saturated carbocycles. The summed E-state index contributed by atoms with van der Waals surface area (Å²) in [5.41, 5.74) is 7.17.